The zero-order valence-corrected chi connectivity index (χ0v) is 6.01. The van der Waals surface area contributed by atoms with E-state index < -0.39 is 6.03 Å². The molecule has 0 aromatic carbocycles. The summed E-state index contributed by atoms with van der Waals surface area (Å²) >= 11 is 0. The maximum atomic E-state index is 9.63. The molecule has 0 spiro atoms. The van der Waals surface area contributed by atoms with Crippen molar-refractivity contribution in [3.05, 3.63) is 24.5 Å². The molecule has 7 nitrogen and oxygen atoms in total. The van der Waals surface area contributed by atoms with E-state index in [4.69, 9.17) is 10.4 Å². The second-order valence-corrected chi connectivity index (χ2v) is 1.49. The highest BCUT2D eigenvalue weighted by molar-refractivity contribution is 5.72. The fraction of sp³-hybridized carbons (Fsp3) is 0. The van der Waals surface area contributed by atoms with Crippen LogP contribution in [0.15, 0.2) is 34.9 Å². The fourth-order valence-corrected chi connectivity index (χ4v) is 0.341. The predicted octanol–water partition coefficient (Wildman–Crippen LogP) is 0.941. The molecule has 0 aliphatic carbocycles. The van der Waals surface area contributed by atoms with E-state index in [1.807, 2.05) is 24.5 Å². The summed E-state index contributed by atoms with van der Waals surface area (Å²) < 4.78 is 0. The Morgan fingerprint density at radius 3 is 2.17 bits per heavy atom. The Kier molecular flexibility index (Phi) is 6.08. The number of rotatable bonds is 0. The van der Waals surface area contributed by atoms with Crippen molar-refractivity contribution in [3.8, 4) is 0 Å². The van der Waals surface area contributed by atoms with Gasteiger partial charge < -0.3 is 10.2 Å². The van der Waals surface area contributed by atoms with E-state index in [1.54, 1.807) is 0 Å². The first-order chi connectivity index (χ1) is 5.81. The summed E-state index contributed by atoms with van der Waals surface area (Å²) in [7, 11) is 0. The van der Waals surface area contributed by atoms with Crippen molar-refractivity contribution in [2.45, 2.75) is 0 Å². The second kappa shape index (κ2) is 7.22. The number of nitrogens with one attached hydrogen (secondary N) is 2. The summed E-state index contributed by atoms with van der Waals surface area (Å²) in [5.74, 6) is 0. The molecular formula is C5H8N4O3. The first-order valence-corrected chi connectivity index (χ1v) is 2.88. The SMILES string of the molecule is O=C(N=NO)NO.c1cc[nH]c1. The maximum Gasteiger partial charge on any atom is 0.385 e. The first kappa shape index (κ1) is 10.1. The quantitative estimate of drug-likeness (QED) is 0.265. The van der Waals surface area contributed by atoms with Crippen molar-refractivity contribution < 1.29 is 15.2 Å². The van der Waals surface area contributed by atoms with E-state index in [1.165, 1.54) is 0 Å². The molecule has 0 saturated heterocycles. The number of nitrogens with zero attached hydrogens (tertiary/aromatic N) is 2. The van der Waals surface area contributed by atoms with E-state index >= 15 is 0 Å². The zero-order chi connectivity index (χ0) is 9.23. The van der Waals surface area contributed by atoms with Gasteiger partial charge in [-0.15, -0.1) is 0 Å². The lowest BCUT2D eigenvalue weighted by molar-refractivity contribution is 0.163. The standard InChI is InChI=1S/C4H5N.CH3N3O3/c1-2-4-5-3-1;5-1(3-6)2-4-7/h1-5H;6H,(H2,2,3,5,7). The lowest BCUT2D eigenvalue weighted by atomic mass is 10.7. The molecule has 1 aromatic rings. The Balaban J connectivity index is 0.000000211. The van der Waals surface area contributed by atoms with Gasteiger partial charge >= 0.3 is 6.03 Å². The molecule has 1 aromatic heterocycles. The van der Waals surface area contributed by atoms with Crippen LogP contribution in [-0.4, -0.2) is 21.4 Å². The number of H-pyrrole nitrogens is 1. The molecular weight excluding hydrogens is 164 g/mol. The number of carbonyl (C=O) groups is 1. The average Bonchev–Trinajstić information content (AvgIpc) is 2.62. The van der Waals surface area contributed by atoms with Gasteiger partial charge in [0.25, 0.3) is 0 Å². The van der Waals surface area contributed by atoms with Gasteiger partial charge in [0.05, 0.1) is 0 Å². The van der Waals surface area contributed by atoms with Crippen molar-refractivity contribution in [2.24, 2.45) is 10.4 Å². The predicted molar refractivity (Wildman–Crippen MR) is 37.8 cm³/mol. The number of aromatic amines is 1. The highest BCUT2D eigenvalue weighted by Gasteiger charge is 1.88. The third-order valence-electron chi connectivity index (χ3n) is 0.727. The van der Waals surface area contributed by atoms with Gasteiger partial charge in [-0.1, -0.05) is 5.11 Å². The van der Waals surface area contributed by atoms with Crippen LogP contribution in [0.2, 0.25) is 0 Å². The van der Waals surface area contributed by atoms with Gasteiger partial charge in [0.15, 0.2) is 0 Å². The highest BCUT2D eigenvalue weighted by Crippen LogP contribution is 1.72. The third-order valence-corrected chi connectivity index (χ3v) is 0.727. The van der Waals surface area contributed by atoms with Gasteiger partial charge in [-0.2, -0.15) is 0 Å². The number of amides is 2. The highest BCUT2D eigenvalue weighted by atomic mass is 16.5. The van der Waals surface area contributed by atoms with Crippen molar-refractivity contribution >= 4 is 6.03 Å². The molecule has 1 heterocycles. The first-order valence-electron chi connectivity index (χ1n) is 2.88. The smallest absolute Gasteiger partial charge is 0.385 e. The van der Waals surface area contributed by atoms with Gasteiger partial charge in [0.1, 0.15) is 0 Å². The summed E-state index contributed by atoms with van der Waals surface area (Å²) in [4.78, 5) is 12.5. The molecule has 0 radical (unpaired) electrons. The van der Waals surface area contributed by atoms with Crippen LogP contribution < -0.4 is 5.48 Å². The van der Waals surface area contributed by atoms with Crippen molar-refractivity contribution in [1.29, 1.82) is 0 Å². The Bertz CT molecular complexity index is 203. The Morgan fingerprint density at radius 1 is 1.42 bits per heavy atom. The Hall–Kier alpha value is -1.89. The number of urea groups is 1. The number of carbonyl (C=O) groups excluding carboxylic acids is 1. The molecule has 0 bridgehead atoms. The van der Waals surface area contributed by atoms with E-state index in [0.29, 0.717) is 0 Å². The van der Waals surface area contributed by atoms with E-state index in [9.17, 15) is 4.79 Å². The largest absolute Gasteiger partial charge is 0.394 e. The molecule has 0 aliphatic heterocycles. The van der Waals surface area contributed by atoms with Crippen molar-refractivity contribution in [2.75, 3.05) is 0 Å². The van der Waals surface area contributed by atoms with Gasteiger partial charge in [-0.25, -0.2) is 10.3 Å². The fourth-order valence-electron chi connectivity index (χ4n) is 0.341. The second-order valence-electron chi connectivity index (χ2n) is 1.49. The normalized spacial score (nSPS) is 8.75. The number of hydroxylamine groups is 1. The van der Waals surface area contributed by atoms with Crippen LogP contribution in [0.3, 0.4) is 0 Å². The minimum atomic E-state index is -1.11. The van der Waals surface area contributed by atoms with Crippen LogP contribution in [-0.2, 0) is 0 Å². The van der Waals surface area contributed by atoms with Gasteiger partial charge in [-0.05, 0) is 12.1 Å². The maximum absolute atomic E-state index is 9.63. The summed E-state index contributed by atoms with van der Waals surface area (Å²) in [6.45, 7) is 0. The van der Waals surface area contributed by atoms with Gasteiger partial charge in [-0.3, -0.25) is 5.21 Å². The van der Waals surface area contributed by atoms with Crippen LogP contribution in [0.5, 0.6) is 0 Å². The van der Waals surface area contributed by atoms with Crippen LogP contribution in [0.4, 0.5) is 4.79 Å². The topological polar surface area (TPSA) is 110 Å². The van der Waals surface area contributed by atoms with Crippen LogP contribution in [0, 0.1) is 0 Å². The lowest BCUT2D eigenvalue weighted by Crippen LogP contribution is -2.12. The van der Waals surface area contributed by atoms with Gasteiger partial charge in [0, 0.05) is 17.7 Å². The minimum absolute atomic E-state index is 1.11. The zero-order valence-electron chi connectivity index (χ0n) is 6.01. The lowest BCUT2D eigenvalue weighted by Gasteiger charge is -1.80. The number of hydrogen-bond acceptors (Lipinski definition) is 3. The van der Waals surface area contributed by atoms with Crippen LogP contribution in [0.25, 0.3) is 0 Å². The van der Waals surface area contributed by atoms with Gasteiger partial charge in [0.2, 0.25) is 0 Å². The van der Waals surface area contributed by atoms with E-state index in [2.05, 4.69) is 15.4 Å². The van der Waals surface area contributed by atoms with Crippen molar-refractivity contribution in [3.63, 3.8) is 0 Å². The van der Waals surface area contributed by atoms with E-state index in [-0.39, 0.29) is 0 Å². The molecule has 0 unspecified atom stereocenters. The number of hydrogen-bond donors (Lipinski definition) is 4. The van der Waals surface area contributed by atoms with Crippen LogP contribution in [0.1, 0.15) is 0 Å². The molecule has 1 rings (SSSR count). The molecule has 7 heteroatoms. The molecule has 0 saturated carbocycles. The molecule has 0 aliphatic rings. The Morgan fingerprint density at radius 2 is 2.00 bits per heavy atom. The third kappa shape index (κ3) is 6.23. The molecule has 2 amide bonds. The monoisotopic (exact) mass is 172 g/mol. The summed E-state index contributed by atoms with van der Waals surface area (Å²) in [6.07, 6.45) is 3.75. The number of aromatic nitrogens is 1. The molecule has 4 N–H and O–H groups in total. The minimum Gasteiger partial charge on any atom is -0.394 e. The summed E-state index contributed by atoms with van der Waals surface area (Å²) in [6, 6.07) is 2.78. The summed E-state index contributed by atoms with van der Waals surface area (Å²) in [5.41, 5.74) is 1.11. The average molecular weight is 172 g/mol. The Labute approximate surface area is 67.7 Å². The van der Waals surface area contributed by atoms with Crippen molar-refractivity contribution in [1.82, 2.24) is 10.5 Å². The van der Waals surface area contributed by atoms with Crippen LogP contribution >= 0.6 is 0 Å². The van der Waals surface area contributed by atoms with E-state index in [0.717, 1.165) is 5.48 Å². The molecule has 0 atom stereocenters. The molecule has 66 valence electrons. The molecule has 0 fully saturated rings. The summed E-state index contributed by atoms with van der Waals surface area (Å²) in [5, 5.41) is 19.5. The molecule has 12 heavy (non-hydrogen) atoms.